The van der Waals surface area contributed by atoms with E-state index in [0.717, 1.165) is 22.5 Å². The standard InChI is InChI=1S/C22H24F2N2O/c1-13(2)14(3)26-22(27)11-18(16-9-8-15(23)10-20(16)24)19-12-25-21-7-5-4-6-17(19)21/h4-10,12-14,18,25H,11H2,1-3H3,(H,26,27)/t14-,18-/m0/s1. The number of carbonyl (C=O) groups is 1. The van der Waals surface area contributed by atoms with Crippen molar-refractivity contribution in [2.45, 2.75) is 39.2 Å². The van der Waals surface area contributed by atoms with Gasteiger partial charge in [0, 0.05) is 41.5 Å². The monoisotopic (exact) mass is 370 g/mol. The Morgan fingerprint density at radius 3 is 2.52 bits per heavy atom. The fourth-order valence-electron chi connectivity index (χ4n) is 3.22. The predicted molar refractivity (Wildman–Crippen MR) is 104 cm³/mol. The molecule has 0 bridgehead atoms. The molecule has 5 heteroatoms. The number of hydrogen-bond donors (Lipinski definition) is 2. The van der Waals surface area contributed by atoms with Crippen molar-refractivity contribution in [1.82, 2.24) is 10.3 Å². The molecule has 2 N–H and O–H groups in total. The van der Waals surface area contributed by atoms with Crippen LogP contribution in [0.15, 0.2) is 48.7 Å². The Balaban J connectivity index is 2.00. The van der Waals surface area contributed by atoms with E-state index in [2.05, 4.69) is 10.3 Å². The number of fused-ring (bicyclic) bond motifs is 1. The van der Waals surface area contributed by atoms with Gasteiger partial charge in [-0.3, -0.25) is 4.79 Å². The van der Waals surface area contributed by atoms with Crippen molar-refractivity contribution in [3.8, 4) is 0 Å². The molecule has 3 nitrogen and oxygen atoms in total. The predicted octanol–water partition coefficient (Wildman–Crippen LogP) is 5.13. The molecule has 0 saturated heterocycles. The Morgan fingerprint density at radius 2 is 1.81 bits per heavy atom. The lowest BCUT2D eigenvalue weighted by Gasteiger charge is -2.21. The third-order valence-electron chi connectivity index (χ3n) is 5.11. The van der Waals surface area contributed by atoms with Gasteiger partial charge >= 0.3 is 0 Å². The van der Waals surface area contributed by atoms with Crippen molar-refractivity contribution < 1.29 is 13.6 Å². The van der Waals surface area contributed by atoms with Crippen molar-refractivity contribution in [2.75, 3.05) is 0 Å². The van der Waals surface area contributed by atoms with Crippen LogP contribution in [-0.4, -0.2) is 16.9 Å². The lowest BCUT2D eigenvalue weighted by atomic mass is 9.87. The topological polar surface area (TPSA) is 44.9 Å². The summed E-state index contributed by atoms with van der Waals surface area (Å²) in [7, 11) is 0. The molecular formula is C22H24F2N2O. The van der Waals surface area contributed by atoms with Crippen LogP contribution in [0, 0.1) is 17.6 Å². The second kappa shape index (κ2) is 7.91. The summed E-state index contributed by atoms with van der Waals surface area (Å²) in [5.41, 5.74) is 2.05. The van der Waals surface area contributed by atoms with Crippen molar-refractivity contribution in [3.05, 3.63) is 71.4 Å². The quantitative estimate of drug-likeness (QED) is 0.621. The molecule has 2 atom stereocenters. The number of H-pyrrole nitrogens is 1. The average Bonchev–Trinajstić information content (AvgIpc) is 3.04. The van der Waals surface area contributed by atoms with E-state index in [0.29, 0.717) is 11.5 Å². The highest BCUT2D eigenvalue weighted by Gasteiger charge is 2.25. The summed E-state index contributed by atoms with van der Waals surface area (Å²) in [6, 6.07) is 11.2. The number of halogens is 2. The number of rotatable bonds is 6. The van der Waals surface area contributed by atoms with Gasteiger partial charge in [-0.05, 0) is 36.1 Å². The molecular weight excluding hydrogens is 346 g/mol. The van der Waals surface area contributed by atoms with Crippen LogP contribution in [-0.2, 0) is 4.79 Å². The first-order chi connectivity index (χ1) is 12.9. The van der Waals surface area contributed by atoms with Gasteiger partial charge in [-0.25, -0.2) is 8.78 Å². The molecule has 0 saturated carbocycles. The Hall–Kier alpha value is -2.69. The second-order valence-corrected chi connectivity index (χ2v) is 7.31. The zero-order chi connectivity index (χ0) is 19.6. The van der Waals surface area contributed by atoms with Gasteiger partial charge in [-0.15, -0.1) is 0 Å². The number of amides is 1. The summed E-state index contributed by atoms with van der Waals surface area (Å²) in [6.45, 7) is 6.01. The molecule has 0 unspecified atom stereocenters. The minimum absolute atomic E-state index is 0.0131. The lowest BCUT2D eigenvalue weighted by Crippen LogP contribution is -2.36. The van der Waals surface area contributed by atoms with Crippen LogP contribution in [0.2, 0.25) is 0 Å². The van der Waals surface area contributed by atoms with Gasteiger partial charge in [-0.2, -0.15) is 0 Å². The van der Waals surface area contributed by atoms with E-state index in [1.165, 1.54) is 12.1 Å². The second-order valence-electron chi connectivity index (χ2n) is 7.31. The summed E-state index contributed by atoms with van der Waals surface area (Å²) in [5.74, 6) is -1.65. The zero-order valence-electron chi connectivity index (χ0n) is 15.7. The van der Waals surface area contributed by atoms with Gasteiger partial charge in [0.15, 0.2) is 0 Å². The SMILES string of the molecule is CC(C)[C@H](C)NC(=O)C[C@@H](c1ccc(F)cc1F)c1c[nH]c2ccccc12. The van der Waals surface area contributed by atoms with Gasteiger partial charge in [-0.1, -0.05) is 38.1 Å². The Kier molecular flexibility index (Phi) is 5.59. The molecule has 3 aromatic rings. The average molecular weight is 370 g/mol. The van der Waals surface area contributed by atoms with E-state index in [4.69, 9.17) is 0 Å². The summed E-state index contributed by atoms with van der Waals surface area (Å²) in [5, 5.41) is 3.90. The summed E-state index contributed by atoms with van der Waals surface area (Å²) < 4.78 is 28.0. The third kappa shape index (κ3) is 4.18. The van der Waals surface area contributed by atoms with Crippen molar-refractivity contribution in [1.29, 1.82) is 0 Å². The Bertz CT molecular complexity index is 948. The van der Waals surface area contributed by atoms with E-state index in [-0.39, 0.29) is 18.4 Å². The normalized spacial score (nSPS) is 13.7. The minimum atomic E-state index is -0.644. The number of benzene rings is 2. The number of para-hydroxylation sites is 1. The maximum Gasteiger partial charge on any atom is 0.221 e. The highest BCUT2D eigenvalue weighted by atomic mass is 19.1. The molecule has 1 heterocycles. The molecule has 1 aromatic heterocycles. The number of hydrogen-bond acceptors (Lipinski definition) is 1. The van der Waals surface area contributed by atoms with Crippen LogP contribution in [0.25, 0.3) is 10.9 Å². The summed E-state index contributed by atoms with van der Waals surface area (Å²) in [4.78, 5) is 15.8. The number of carbonyl (C=O) groups excluding carboxylic acids is 1. The molecule has 3 rings (SSSR count). The molecule has 0 radical (unpaired) electrons. The Morgan fingerprint density at radius 1 is 1.07 bits per heavy atom. The maximum atomic E-state index is 14.6. The minimum Gasteiger partial charge on any atom is -0.361 e. The van der Waals surface area contributed by atoms with E-state index in [1.54, 1.807) is 6.20 Å². The fraction of sp³-hybridized carbons (Fsp3) is 0.318. The molecule has 0 aliphatic carbocycles. The van der Waals surface area contributed by atoms with Crippen LogP contribution in [0.4, 0.5) is 8.78 Å². The highest BCUT2D eigenvalue weighted by Crippen LogP contribution is 2.35. The van der Waals surface area contributed by atoms with E-state index in [9.17, 15) is 13.6 Å². The van der Waals surface area contributed by atoms with E-state index < -0.39 is 17.6 Å². The van der Waals surface area contributed by atoms with Gasteiger partial charge < -0.3 is 10.3 Å². The van der Waals surface area contributed by atoms with Crippen LogP contribution >= 0.6 is 0 Å². The fourth-order valence-corrected chi connectivity index (χ4v) is 3.22. The van der Waals surface area contributed by atoms with E-state index in [1.807, 2.05) is 45.0 Å². The first-order valence-corrected chi connectivity index (χ1v) is 9.17. The first-order valence-electron chi connectivity index (χ1n) is 9.17. The van der Waals surface area contributed by atoms with Crippen molar-refractivity contribution in [3.63, 3.8) is 0 Å². The maximum absolute atomic E-state index is 14.6. The van der Waals surface area contributed by atoms with Crippen LogP contribution in [0.3, 0.4) is 0 Å². The lowest BCUT2D eigenvalue weighted by molar-refractivity contribution is -0.122. The molecule has 0 spiro atoms. The highest BCUT2D eigenvalue weighted by molar-refractivity contribution is 5.86. The summed E-state index contributed by atoms with van der Waals surface area (Å²) in [6.07, 6.45) is 1.89. The van der Waals surface area contributed by atoms with Gasteiger partial charge in [0.1, 0.15) is 11.6 Å². The van der Waals surface area contributed by atoms with E-state index >= 15 is 0 Å². The zero-order valence-corrected chi connectivity index (χ0v) is 15.7. The molecule has 1 amide bonds. The Labute approximate surface area is 157 Å². The molecule has 0 aliphatic heterocycles. The molecule has 142 valence electrons. The number of nitrogens with one attached hydrogen (secondary N) is 2. The number of aromatic nitrogens is 1. The van der Waals surface area contributed by atoms with Crippen LogP contribution in [0.5, 0.6) is 0 Å². The van der Waals surface area contributed by atoms with Gasteiger partial charge in [0.2, 0.25) is 5.91 Å². The number of aromatic amines is 1. The van der Waals surface area contributed by atoms with Gasteiger partial charge in [0.05, 0.1) is 0 Å². The largest absolute Gasteiger partial charge is 0.361 e. The van der Waals surface area contributed by atoms with Crippen molar-refractivity contribution in [2.24, 2.45) is 5.92 Å². The smallest absolute Gasteiger partial charge is 0.221 e. The van der Waals surface area contributed by atoms with Crippen molar-refractivity contribution >= 4 is 16.8 Å². The molecule has 27 heavy (non-hydrogen) atoms. The van der Waals surface area contributed by atoms with Crippen LogP contribution < -0.4 is 5.32 Å². The third-order valence-corrected chi connectivity index (χ3v) is 5.11. The molecule has 2 aromatic carbocycles. The van der Waals surface area contributed by atoms with Crippen LogP contribution in [0.1, 0.15) is 44.2 Å². The van der Waals surface area contributed by atoms with Gasteiger partial charge in [0.25, 0.3) is 0 Å². The molecule has 0 fully saturated rings. The molecule has 0 aliphatic rings. The summed E-state index contributed by atoms with van der Waals surface area (Å²) >= 11 is 0. The first kappa shape index (κ1) is 19.1.